The molecule has 1 unspecified atom stereocenters. The molecule has 0 bridgehead atoms. The molecule has 1 aromatic carbocycles. The summed E-state index contributed by atoms with van der Waals surface area (Å²) in [6, 6.07) is 8.28. The second kappa shape index (κ2) is 9.46. The second-order valence-electron chi connectivity index (χ2n) is 9.02. The molecule has 0 aliphatic carbocycles. The monoisotopic (exact) mass is 463 g/mol. The lowest BCUT2D eigenvalue weighted by atomic mass is 10.0. The highest BCUT2D eigenvalue weighted by Gasteiger charge is 2.43. The predicted octanol–water partition coefficient (Wildman–Crippen LogP) is 2.07. The van der Waals surface area contributed by atoms with E-state index >= 15 is 0 Å². The summed E-state index contributed by atoms with van der Waals surface area (Å²) in [7, 11) is -3.28. The molecular formula is C22H33N5O4S. The summed E-state index contributed by atoms with van der Waals surface area (Å²) in [6.07, 6.45) is 1.67. The van der Waals surface area contributed by atoms with Crippen molar-refractivity contribution < 1.29 is 17.9 Å². The minimum atomic E-state index is -3.28. The van der Waals surface area contributed by atoms with Crippen LogP contribution in [0.3, 0.4) is 0 Å². The van der Waals surface area contributed by atoms with Crippen LogP contribution in [0.1, 0.15) is 50.6 Å². The Labute approximate surface area is 190 Å². The van der Waals surface area contributed by atoms with Crippen molar-refractivity contribution in [2.45, 2.75) is 71.6 Å². The zero-order valence-corrected chi connectivity index (χ0v) is 19.9. The molecule has 3 heterocycles. The minimum Gasteiger partial charge on any atom is -0.491 e. The normalized spacial score (nSPS) is 21.4. The van der Waals surface area contributed by atoms with Gasteiger partial charge in [0.15, 0.2) is 0 Å². The van der Waals surface area contributed by atoms with Gasteiger partial charge in [-0.25, -0.2) is 17.8 Å². The summed E-state index contributed by atoms with van der Waals surface area (Å²) < 4.78 is 40.4. The first-order chi connectivity index (χ1) is 15.3. The number of likely N-dealkylation sites (tertiary alicyclic amines) is 1. The summed E-state index contributed by atoms with van der Waals surface area (Å²) in [4.78, 5) is 2.40. The molecular weight excluding hydrogens is 430 g/mol. The first kappa shape index (κ1) is 23.2. The number of fused-ring (bicyclic) bond motifs is 1. The maximum Gasteiger partial charge on any atom is 0.211 e. The van der Waals surface area contributed by atoms with E-state index < -0.39 is 10.0 Å². The Morgan fingerprint density at radius 3 is 2.75 bits per heavy atom. The van der Waals surface area contributed by atoms with Crippen molar-refractivity contribution in [2.24, 2.45) is 0 Å². The zero-order chi connectivity index (χ0) is 22.8. The van der Waals surface area contributed by atoms with Gasteiger partial charge in [-0.2, -0.15) is 0 Å². The van der Waals surface area contributed by atoms with Crippen molar-refractivity contribution in [1.82, 2.24) is 24.6 Å². The standard InChI is InChI=1S/C22H33N5O4S/c1-4-11-32(28,29)23-12-20-21-14-30-22(16-27(21)25-24-20)9-10-26(15-22)13-18-5-7-19(8-6-18)31-17(2)3/h5-8,17,23H,4,9-16H2,1-3H3. The van der Waals surface area contributed by atoms with Crippen LogP contribution in [0.5, 0.6) is 5.75 Å². The van der Waals surface area contributed by atoms with Gasteiger partial charge in [-0.3, -0.25) is 4.90 Å². The number of hydrogen-bond acceptors (Lipinski definition) is 7. The van der Waals surface area contributed by atoms with E-state index in [9.17, 15) is 8.42 Å². The molecule has 2 aliphatic rings. The average Bonchev–Trinajstić information content (AvgIpc) is 3.31. The number of benzene rings is 1. The van der Waals surface area contributed by atoms with E-state index in [0.29, 0.717) is 25.3 Å². The second-order valence-corrected chi connectivity index (χ2v) is 10.9. The van der Waals surface area contributed by atoms with Crippen molar-refractivity contribution >= 4 is 10.0 Å². The summed E-state index contributed by atoms with van der Waals surface area (Å²) in [5, 5.41) is 8.50. The SMILES string of the molecule is CCCS(=O)(=O)NCc1nnn2c1COC1(CCN(Cc3ccc(OC(C)C)cc3)C1)C2. The Hall–Kier alpha value is -2.01. The number of rotatable bonds is 9. The van der Waals surface area contributed by atoms with E-state index in [1.165, 1.54) is 5.56 Å². The molecule has 2 aliphatic heterocycles. The average molecular weight is 464 g/mol. The van der Waals surface area contributed by atoms with Crippen molar-refractivity contribution in [3.63, 3.8) is 0 Å². The summed E-state index contributed by atoms with van der Waals surface area (Å²) in [6.45, 7) is 9.72. The fourth-order valence-electron chi connectivity index (χ4n) is 4.36. The molecule has 1 saturated heterocycles. The zero-order valence-electron chi connectivity index (χ0n) is 19.1. The molecule has 1 fully saturated rings. The first-order valence-electron chi connectivity index (χ1n) is 11.3. The lowest BCUT2D eigenvalue weighted by Gasteiger charge is -2.34. The Balaban J connectivity index is 1.34. The highest BCUT2D eigenvalue weighted by molar-refractivity contribution is 7.89. The lowest BCUT2D eigenvalue weighted by molar-refractivity contribution is -0.0844. The van der Waals surface area contributed by atoms with Crippen LogP contribution >= 0.6 is 0 Å². The predicted molar refractivity (Wildman–Crippen MR) is 121 cm³/mol. The van der Waals surface area contributed by atoms with E-state index in [-0.39, 0.29) is 24.0 Å². The molecule has 176 valence electrons. The van der Waals surface area contributed by atoms with Crippen LogP contribution in [0.15, 0.2) is 24.3 Å². The van der Waals surface area contributed by atoms with Crippen molar-refractivity contribution in [3.8, 4) is 5.75 Å². The number of aromatic nitrogens is 3. The number of hydrogen-bond donors (Lipinski definition) is 1. The Morgan fingerprint density at radius 1 is 1.25 bits per heavy atom. The minimum absolute atomic E-state index is 0.111. The molecule has 4 rings (SSSR count). The van der Waals surface area contributed by atoms with Crippen molar-refractivity contribution in [2.75, 3.05) is 18.8 Å². The molecule has 0 saturated carbocycles. The van der Waals surface area contributed by atoms with Gasteiger partial charge in [0.05, 0.1) is 37.2 Å². The number of sulfonamides is 1. The largest absolute Gasteiger partial charge is 0.491 e. The maximum atomic E-state index is 11.9. The van der Waals surface area contributed by atoms with E-state index in [1.807, 2.05) is 37.6 Å². The third kappa shape index (κ3) is 5.48. The molecule has 10 heteroatoms. The quantitative estimate of drug-likeness (QED) is 0.608. The maximum absolute atomic E-state index is 11.9. The van der Waals surface area contributed by atoms with E-state index in [1.54, 1.807) is 0 Å². The lowest BCUT2D eigenvalue weighted by Crippen LogP contribution is -2.44. The third-order valence-corrected chi connectivity index (χ3v) is 7.43. The molecule has 1 N–H and O–H groups in total. The van der Waals surface area contributed by atoms with Gasteiger partial charge in [-0.15, -0.1) is 5.10 Å². The highest BCUT2D eigenvalue weighted by atomic mass is 32.2. The molecule has 1 spiro atoms. The molecule has 1 aromatic heterocycles. The Morgan fingerprint density at radius 2 is 2.03 bits per heavy atom. The molecule has 1 atom stereocenters. The van der Waals surface area contributed by atoms with Crippen molar-refractivity contribution in [3.05, 3.63) is 41.2 Å². The van der Waals surface area contributed by atoms with Crippen LogP contribution in [0.25, 0.3) is 0 Å². The van der Waals surface area contributed by atoms with Crippen LogP contribution in [0, 0.1) is 0 Å². The van der Waals surface area contributed by atoms with Gasteiger partial charge in [0.2, 0.25) is 10.0 Å². The molecule has 2 aromatic rings. The summed E-state index contributed by atoms with van der Waals surface area (Å²) in [5.74, 6) is 1.00. The van der Waals surface area contributed by atoms with Crippen LogP contribution in [-0.2, 0) is 41.0 Å². The van der Waals surface area contributed by atoms with Gasteiger partial charge in [0.25, 0.3) is 0 Å². The highest BCUT2D eigenvalue weighted by Crippen LogP contribution is 2.33. The van der Waals surface area contributed by atoms with Crippen LogP contribution in [0.4, 0.5) is 0 Å². The van der Waals surface area contributed by atoms with Crippen LogP contribution in [-0.4, -0.2) is 58.9 Å². The van der Waals surface area contributed by atoms with Gasteiger partial charge < -0.3 is 9.47 Å². The van der Waals surface area contributed by atoms with Crippen molar-refractivity contribution in [1.29, 1.82) is 0 Å². The first-order valence-corrected chi connectivity index (χ1v) is 12.9. The molecule has 0 amide bonds. The summed E-state index contributed by atoms with van der Waals surface area (Å²) in [5.41, 5.74) is 2.46. The Bertz CT molecular complexity index is 1020. The van der Waals surface area contributed by atoms with E-state index in [0.717, 1.165) is 37.5 Å². The third-order valence-electron chi connectivity index (χ3n) is 5.90. The van der Waals surface area contributed by atoms with Gasteiger partial charge in [0.1, 0.15) is 17.0 Å². The molecule has 0 radical (unpaired) electrons. The smallest absolute Gasteiger partial charge is 0.211 e. The van der Waals surface area contributed by atoms with Gasteiger partial charge in [-0.05, 0) is 44.4 Å². The van der Waals surface area contributed by atoms with Crippen LogP contribution in [0.2, 0.25) is 0 Å². The molecule has 32 heavy (non-hydrogen) atoms. The van der Waals surface area contributed by atoms with Gasteiger partial charge >= 0.3 is 0 Å². The number of ether oxygens (including phenoxy) is 2. The topological polar surface area (TPSA) is 98.6 Å². The Kier molecular flexibility index (Phi) is 6.85. The number of nitrogens with one attached hydrogen (secondary N) is 1. The number of nitrogens with zero attached hydrogens (tertiary/aromatic N) is 4. The van der Waals surface area contributed by atoms with Gasteiger partial charge in [-0.1, -0.05) is 24.3 Å². The fraction of sp³-hybridized carbons (Fsp3) is 0.636. The van der Waals surface area contributed by atoms with E-state index in [2.05, 4.69) is 32.1 Å². The van der Waals surface area contributed by atoms with Crippen LogP contribution < -0.4 is 9.46 Å². The molecule has 9 nitrogen and oxygen atoms in total. The fourth-order valence-corrected chi connectivity index (χ4v) is 5.40. The summed E-state index contributed by atoms with van der Waals surface area (Å²) >= 11 is 0. The van der Waals surface area contributed by atoms with E-state index in [4.69, 9.17) is 9.47 Å². The van der Waals surface area contributed by atoms with Gasteiger partial charge in [0, 0.05) is 19.6 Å².